The van der Waals surface area contributed by atoms with Crippen LogP contribution in [-0.4, -0.2) is 75.7 Å². The minimum absolute atomic E-state index is 0.0778. The Kier molecular flexibility index (Phi) is 11.0. The number of hydrogen-bond donors (Lipinski definition) is 2. The summed E-state index contributed by atoms with van der Waals surface area (Å²) in [4.78, 5) is 54.9. The van der Waals surface area contributed by atoms with E-state index < -0.39 is 15.6 Å². The highest BCUT2D eigenvalue weighted by atomic mass is 32.2. The number of aromatic nitrogens is 1. The summed E-state index contributed by atoms with van der Waals surface area (Å²) in [7, 11) is -2.84. The van der Waals surface area contributed by atoms with Gasteiger partial charge in [-0.25, -0.2) is 9.00 Å². The number of anilines is 1. The molecule has 4 amide bonds. The molecule has 3 heterocycles. The maximum atomic E-state index is 13.3. The molecule has 44 heavy (non-hydrogen) atoms. The van der Waals surface area contributed by atoms with Crippen molar-refractivity contribution < 1.29 is 32.5 Å². The standard InChI is InChI=1S/C31H35N5O7S/c1-3-42-27(37)8-5-12-33-31(40)36-13-16-44(41,17-14-36)35-29(38)25-18-24(20-32-21-25)10-9-23-6-4-7-26(19-23)34-30(39)28-22(2)11-15-43-28/h4,6-7,9-11,15,18-21H,3,5,8,12-14,16-17H2,1-2H3,(H,33,40)(H,34,39). The number of benzene rings is 1. The molecule has 0 atom stereocenters. The number of aryl methyl sites for hydroxylation is 1. The number of nitrogens with one attached hydrogen (secondary N) is 2. The van der Waals surface area contributed by atoms with E-state index in [2.05, 4.69) is 20.0 Å². The Morgan fingerprint density at radius 3 is 2.59 bits per heavy atom. The molecule has 2 aromatic heterocycles. The second-order valence-corrected chi connectivity index (χ2v) is 12.6. The summed E-state index contributed by atoms with van der Waals surface area (Å²) < 4.78 is 27.4. The van der Waals surface area contributed by atoms with Crippen LogP contribution >= 0.6 is 0 Å². The predicted molar refractivity (Wildman–Crippen MR) is 166 cm³/mol. The minimum Gasteiger partial charge on any atom is -0.466 e. The Morgan fingerprint density at radius 2 is 1.86 bits per heavy atom. The molecule has 12 nitrogen and oxygen atoms in total. The van der Waals surface area contributed by atoms with Gasteiger partial charge in [0.15, 0.2) is 5.76 Å². The van der Waals surface area contributed by atoms with Crippen LogP contribution in [0, 0.1) is 6.92 Å². The van der Waals surface area contributed by atoms with Gasteiger partial charge in [0.2, 0.25) is 0 Å². The van der Waals surface area contributed by atoms with Gasteiger partial charge in [-0.15, -0.1) is 0 Å². The number of amides is 4. The Morgan fingerprint density at radius 1 is 1.09 bits per heavy atom. The lowest BCUT2D eigenvalue weighted by Gasteiger charge is -2.28. The molecule has 1 aliphatic rings. The second kappa shape index (κ2) is 15.1. The Hall–Kier alpha value is -4.78. The normalized spacial score (nSPS) is 14.2. The summed E-state index contributed by atoms with van der Waals surface area (Å²) in [5.41, 5.74) is 2.97. The number of pyridine rings is 1. The van der Waals surface area contributed by atoms with Gasteiger partial charge in [0, 0.05) is 49.7 Å². The van der Waals surface area contributed by atoms with Crippen molar-refractivity contribution in [2.45, 2.75) is 26.7 Å². The summed E-state index contributed by atoms with van der Waals surface area (Å²) >= 11 is 0. The first-order valence-electron chi connectivity index (χ1n) is 14.2. The van der Waals surface area contributed by atoms with Crippen molar-refractivity contribution in [1.82, 2.24) is 15.2 Å². The molecular formula is C31H35N5O7S. The fourth-order valence-corrected chi connectivity index (χ4v) is 6.17. The van der Waals surface area contributed by atoms with Gasteiger partial charge in [-0.2, -0.15) is 4.36 Å². The quantitative estimate of drug-likeness (QED) is 0.249. The number of ether oxygens (including phenoxy) is 1. The molecule has 232 valence electrons. The van der Waals surface area contributed by atoms with Crippen molar-refractivity contribution >= 4 is 51.4 Å². The molecule has 1 aromatic carbocycles. The van der Waals surface area contributed by atoms with Gasteiger partial charge >= 0.3 is 12.0 Å². The number of nitrogens with zero attached hydrogens (tertiary/aromatic N) is 3. The lowest BCUT2D eigenvalue weighted by atomic mass is 10.1. The number of furan rings is 1. The van der Waals surface area contributed by atoms with Crippen molar-refractivity contribution in [2.24, 2.45) is 4.36 Å². The minimum atomic E-state index is -2.84. The van der Waals surface area contributed by atoms with E-state index in [4.69, 9.17) is 9.15 Å². The molecule has 4 rings (SSSR count). The van der Waals surface area contributed by atoms with Crippen LogP contribution in [0.25, 0.3) is 12.2 Å². The molecule has 0 saturated carbocycles. The molecule has 0 aliphatic carbocycles. The van der Waals surface area contributed by atoms with Gasteiger partial charge in [0.25, 0.3) is 11.8 Å². The zero-order valence-corrected chi connectivity index (χ0v) is 25.4. The van der Waals surface area contributed by atoms with Crippen molar-refractivity contribution in [2.75, 3.05) is 43.1 Å². The van der Waals surface area contributed by atoms with Gasteiger partial charge < -0.3 is 24.7 Å². The van der Waals surface area contributed by atoms with Crippen molar-refractivity contribution in [3.05, 3.63) is 83.1 Å². The third-order valence-corrected chi connectivity index (χ3v) is 8.86. The first-order chi connectivity index (χ1) is 21.2. The Balaban J connectivity index is 1.31. The summed E-state index contributed by atoms with van der Waals surface area (Å²) in [6.45, 7) is 4.55. The highest BCUT2D eigenvalue weighted by Crippen LogP contribution is 2.18. The number of carbonyl (C=O) groups is 4. The van der Waals surface area contributed by atoms with E-state index in [9.17, 15) is 23.4 Å². The summed E-state index contributed by atoms with van der Waals surface area (Å²) in [5.74, 6) is -0.879. The maximum Gasteiger partial charge on any atom is 0.317 e. The monoisotopic (exact) mass is 621 g/mol. The van der Waals surface area contributed by atoms with E-state index >= 15 is 0 Å². The number of rotatable bonds is 10. The molecule has 1 aliphatic heterocycles. The number of hydrogen-bond acceptors (Lipinski definition) is 8. The molecule has 0 radical (unpaired) electrons. The van der Waals surface area contributed by atoms with Crippen LogP contribution < -0.4 is 10.6 Å². The molecule has 1 fully saturated rings. The van der Waals surface area contributed by atoms with Crippen LogP contribution in [0.3, 0.4) is 0 Å². The molecule has 1 saturated heterocycles. The van der Waals surface area contributed by atoms with Crippen LogP contribution in [0.4, 0.5) is 10.5 Å². The molecule has 0 bridgehead atoms. The third-order valence-electron chi connectivity index (χ3n) is 6.72. The van der Waals surface area contributed by atoms with Crippen LogP contribution in [-0.2, 0) is 19.3 Å². The topological polar surface area (TPSA) is 160 Å². The van der Waals surface area contributed by atoms with Gasteiger partial charge in [-0.3, -0.25) is 19.4 Å². The van der Waals surface area contributed by atoms with Crippen LogP contribution in [0.1, 0.15) is 57.4 Å². The largest absolute Gasteiger partial charge is 0.466 e. The summed E-state index contributed by atoms with van der Waals surface area (Å²) in [5, 5.41) is 5.56. The zero-order valence-electron chi connectivity index (χ0n) is 24.6. The number of esters is 1. The zero-order chi connectivity index (χ0) is 31.5. The highest BCUT2D eigenvalue weighted by Gasteiger charge is 2.25. The number of urea groups is 1. The molecule has 0 spiro atoms. The average Bonchev–Trinajstić information content (AvgIpc) is 3.45. The lowest BCUT2D eigenvalue weighted by molar-refractivity contribution is -0.143. The van der Waals surface area contributed by atoms with E-state index in [1.807, 2.05) is 12.1 Å². The summed E-state index contributed by atoms with van der Waals surface area (Å²) in [6, 6.07) is 10.3. The smallest absolute Gasteiger partial charge is 0.317 e. The Bertz CT molecular complexity index is 1660. The Labute approximate surface area is 256 Å². The fraction of sp³-hybridized carbons (Fsp3) is 0.323. The maximum absolute atomic E-state index is 13.3. The first-order valence-corrected chi connectivity index (χ1v) is 16.0. The number of carbonyl (C=O) groups excluding carboxylic acids is 4. The van der Waals surface area contributed by atoms with Crippen molar-refractivity contribution in [1.29, 1.82) is 0 Å². The van der Waals surface area contributed by atoms with E-state index in [0.717, 1.165) is 11.1 Å². The van der Waals surface area contributed by atoms with Crippen molar-refractivity contribution in [3.63, 3.8) is 0 Å². The van der Waals surface area contributed by atoms with Crippen LogP contribution in [0.2, 0.25) is 0 Å². The second-order valence-electron chi connectivity index (χ2n) is 10.1. The van der Waals surface area contributed by atoms with Gasteiger partial charge in [0.05, 0.1) is 39.7 Å². The summed E-state index contributed by atoms with van der Waals surface area (Å²) in [6.07, 6.45) is 8.68. The van der Waals surface area contributed by atoms with Gasteiger partial charge in [0.1, 0.15) is 0 Å². The van der Waals surface area contributed by atoms with E-state index in [1.54, 1.807) is 56.5 Å². The van der Waals surface area contributed by atoms with Gasteiger partial charge in [-0.1, -0.05) is 24.3 Å². The van der Waals surface area contributed by atoms with Crippen molar-refractivity contribution in [3.8, 4) is 0 Å². The molecule has 3 aromatic rings. The molecule has 13 heteroatoms. The lowest BCUT2D eigenvalue weighted by Crippen LogP contribution is -2.48. The van der Waals surface area contributed by atoms with Crippen LogP contribution in [0.5, 0.6) is 0 Å². The SMILES string of the molecule is CCOC(=O)CCCNC(=O)N1CCS(=O)(=NC(=O)c2cncc(C=Cc3cccc(NC(=O)c4occc4C)c3)c2)CC1. The van der Waals surface area contributed by atoms with E-state index in [-0.39, 0.29) is 60.2 Å². The highest BCUT2D eigenvalue weighted by molar-refractivity contribution is 7.94. The molecule has 2 N–H and O–H groups in total. The average molecular weight is 622 g/mol. The fourth-order valence-electron chi connectivity index (χ4n) is 4.36. The predicted octanol–water partition coefficient (Wildman–Crippen LogP) is 4.38. The van der Waals surface area contributed by atoms with E-state index in [0.29, 0.717) is 30.8 Å². The molecule has 0 unspecified atom stereocenters. The van der Waals surface area contributed by atoms with Gasteiger partial charge in [-0.05, 0) is 55.7 Å². The van der Waals surface area contributed by atoms with Crippen LogP contribution in [0.15, 0.2) is 63.8 Å². The first kappa shape index (κ1) is 32.1. The van der Waals surface area contributed by atoms with E-state index in [1.165, 1.54) is 17.4 Å². The molecular weight excluding hydrogens is 586 g/mol. The third kappa shape index (κ3) is 9.11.